The molecule has 2 saturated carbocycles. The number of amides is 1. The van der Waals surface area contributed by atoms with Crippen LogP contribution < -0.4 is 0 Å². The maximum atomic E-state index is 12.9. The van der Waals surface area contributed by atoms with Crippen LogP contribution >= 0.6 is 0 Å². The number of aryl methyl sites for hydroxylation is 1. The fourth-order valence-electron chi connectivity index (χ4n) is 3.95. The van der Waals surface area contributed by atoms with Gasteiger partial charge in [-0.1, -0.05) is 19.3 Å². The van der Waals surface area contributed by atoms with Gasteiger partial charge in [-0.3, -0.25) is 4.79 Å². The van der Waals surface area contributed by atoms with Crippen LogP contribution in [0.4, 0.5) is 0 Å². The highest BCUT2D eigenvalue weighted by Gasteiger charge is 2.37. The number of hydrogen-bond acceptors (Lipinski definition) is 3. The number of hydrogen-bond donors (Lipinski definition) is 1. The van der Waals surface area contributed by atoms with Gasteiger partial charge in [-0.25, -0.2) is 4.79 Å². The molecule has 2 aliphatic carbocycles. The molecule has 1 heterocycles. The zero-order valence-corrected chi connectivity index (χ0v) is 15.7. The molecule has 0 bridgehead atoms. The number of aromatic amines is 1. The molecule has 0 aliphatic heterocycles. The summed E-state index contributed by atoms with van der Waals surface area (Å²) in [5.74, 6) is 0.225. The molecular formula is C20H30N2O3. The molecule has 0 radical (unpaired) electrons. The van der Waals surface area contributed by atoms with E-state index < -0.39 is 0 Å². The molecule has 0 aromatic carbocycles. The first kappa shape index (κ1) is 18.0. The zero-order chi connectivity index (χ0) is 18.0. The van der Waals surface area contributed by atoms with Crippen LogP contribution in [0.15, 0.2) is 0 Å². The first-order valence-corrected chi connectivity index (χ1v) is 9.68. The number of esters is 1. The van der Waals surface area contributed by atoms with Crippen molar-refractivity contribution in [1.29, 1.82) is 0 Å². The molecule has 1 aromatic rings. The lowest BCUT2D eigenvalue weighted by Crippen LogP contribution is -2.42. The third-order valence-electron chi connectivity index (χ3n) is 5.63. The van der Waals surface area contributed by atoms with E-state index in [4.69, 9.17) is 4.74 Å². The van der Waals surface area contributed by atoms with E-state index in [1.165, 1.54) is 19.3 Å². The smallest absolute Gasteiger partial charge is 0.355 e. The maximum absolute atomic E-state index is 12.9. The van der Waals surface area contributed by atoms with Crippen LogP contribution in [-0.4, -0.2) is 34.4 Å². The number of nitrogens with one attached hydrogen (secondary N) is 1. The summed E-state index contributed by atoms with van der Waals surface area (Å²) >= 11 is 0. The Kier molecular flexibility index (Phi) is 5.50. The Balaban J connectivity index is 1.83. The first-order valence-electron chi connectivity index (χ1n) is 9.68. The normalized spacial score (nSPS) is 18.2. The molecule has 1 amide bonds. The highest BCUT2D eigenvalue weighted by Crippen LogP contribution is 2.35. The van der Waals surface area contributed by atoms with E-state index in [9.17, 15) is 9.59 Å². The predicted molar refractivity (Wildman–Crippen MR) is 96.4 cm³/mol. The van der Waals surface area contributed by atoms with Crippen LogP contribution in [-0.2, 0) is 16.1 Å². The fourth-order valence-corrected chi connectivity index (χ4v) is 3.95. The zero-order valence-electron chi connectivity index (χ0n) is 15.7. The Labute approximate surface area is 150 Å². The van der Waals surface area contributed by atoms with Crippen molar-refractivity contribution in [2.24, 2.45) is 5.92 Å². The Hall–Kier alpha value is -1.78. The van der Waals surface area contributed by atoms with Crippen molar-refractivity contribution in [2.75, 3.05) is 6.61 Å². The number of rotatable bonds is 6. The minimum Gasteiger partial charge on any atom is -0.461 e. The summed E-state index contributed by atoms with van der Waals surface area (Å²) in [6.45, 7) is 6.70. The van der Waals surface area contributed by atoms with Crippen molar-refractivity contribution < 1.29 is 14.3 Å². The molecule has 3 rings (SSSR count). The molecule has 0 saturated heterocycles. The van der Waals surface area contributed by atoms with E-state index in [0.29, 0.717) is 30.8 Å². The van der Waals surface area contributed by atoms with Gasteiger partial charge in [-0.2, -0.15) is 0 Å². The van der Waals surface area contributed by atoms with E-state index in [0.717, 1.165) is 42.5 Å². The summed E-state index contributed by atoms with van der Waals surface area (Å²) in [6, 6.07) is 0.349. The largest absolute Gasteiger partial charge is 0.461 e. The monoisotopic (exact) mass is 346 g/mol. The van der Waals surface area contributed by atoms with Crippen molar-refractivity contribution in [3.05, 3.63) is 22.5 Å². The van der Waals surface area contributed by atoms with Gasteiger partial charge in [0, 0.05) is 24.2 Å². The minimum absolute atomic E-state index is 0.228. The van der Waals surface area contributed by atoms with Gasteiger partial charge in [-0.05, 0) is 57.6 Å². The first-order chi connectivity index (χ1) is 12.0. The number of ether oxygens (including phenoxy) is 1. The molecular weight excluding hydrogens is 316 g/mol. The third kappa shape index (κ3) is 3.91. The van der Waals surface area contributed by atoms with Gasteiger partial charge in [0.2, 0.25) is 5.91 Å². The Morgan fingerprint density at radius 3 is 2.40 bits per heavy atom. The highest BCUT2D eigenvalue weighted by atomic mass is 16.5. The van der Waals surface area contributed by atoms with Crippen LogP contribution in [0.2, 0.25) is 0 Å². The summed E-state index contributed by atoms with van der Waals surface area (Å²) in [7, 11) is 0. The molecule has 25 heavy (non-hydrogen) atoms. The average Bonchev–Trinajstić information content (AvgIpc) is 3.41. The van der Waals surface area contributed by atoms with Crippen LogP contribution in [0, 0.1) is 19.8 Å². The SMILES string of the molecule is CCOC(=O)c1[nH]c(C)c(CN(C(=O)C2CC2)C2CCCCC2)c1C. The average molecular weight is 346 g/mol. The van der Waals surface area contributed by atoms with Crippen LogP contribution in [0.1, 0.15) is 79.2 Å². The number of H-pyrrole nitrogens is 1. The molecule has 2 aliphatic rings. The molecule has 0 atom stereocenters. The molecule has 2 fully saturated rings. The molecule has 5 nitrogen and oxygen atoms in total. The second-order valence-electron chi connectivity index (χ2n) is 7.48. The van der Waals surface area contributed by atoms with Crippen molar-refractivity contribution in [2.45, 2.75) is 78.3 Å². The van der Waals surface area contributed by atoms with Crippen molar-refractivity contribution >= 4 is 11.9 Å². The standard InChI is InChI=1S/C20H30N2O3/c1-4-25-20(24)18-13(2)17(14(3)21-18)12-22(19(23)15-10-11-15)16-8-6-5-7-9-16/h15-16,21H,4-12H2,1-3H3. The van der Waals surface area contributed by atoms with Crippen LogP contribution in [0.25, 0.3) is 0 Å². The van der Waals surface area contributed by atoms with Gasteiger partial charge in [0.15, 0.2) is 0 Å². The lowest BCUT2D eigenvalue weighted by molar-refractivity contribution is -0.136. The summed E-state index contributed by atoms with van der Waals surface area (Å²) in [6.07, 6.45) is 7.95. The van der Waals surface area contributed by atoms with Gasteiger partial charge >= 0.3 is 5.97 Å². The quantitative estimate of drug-likeness (QED) is 0.795. The summed E-state index contributed by atoms with van der Waals surface area (Å²) in [5.41, 5.74) is 3.48. The number of carbonyl (C=O) groups excluding carboxylic acids is 2. The van der Waals surface area contributed by atoms with Gasteiger partial charge in [0.1, 0.15) is 5.69 Å². The van der Waals surface area contributed by atoms with E-state index >= 15 is 0 Å². The topological polar surface area (TPSA) is 62.4 Å². The second kappa shape index (κ2) is 7.63. The third-order valence-corrected chi connectivity index (χ3v) is 5.63. The lowest BCUT2D eigenvalue weighted by atomic mass is 9.93. The number of nitrogens with zero attached hydrogens (tertiary/aromatic N) is 1. The lowest BCUT2D eigenvalue weighted by Gasteiger charge is -2.35. The molecule has 1 N–H and O–H groups in total. The van der Waals surface area contributed by atoms with E-state index in [1.807, 2.05) is 20.8 Å². The molecule has 1 aromatic heterocycles. The molecule has 0 spiro atoms. The van der Waals surface area contributed by atoms with Crippen molar-refractivity contribution in [3.8, 4) is 0 Å². The van der Waals surface area contributed by atoms with Gasteiger partial charge < -0.3 is 14.6 Å². The summed E-state index contributed by atoms with van der Waals surface area (Å²) in [4.78, 5) is 30.3. The fraction of sp³-hybridized carbons (Fsp3) is 0.700. The van der Waals surface area contributed by atoms with E-state index in [1.54, 1.807) is 0 Å². The van der Waals surface area contributed by atoms with Crippen LogP contribution in [0.3, 0.4) is 0 Å². The van der Waals surface area contributed by atoms with Gasteiger partial charge in [0.05, 0.1) is 6.61 Å². The van der Waals surface area contributed by atoms with Crippen molar-refractivity contribution in [1.82, 2.24) is 9.88 Å². The molecule has 138 valence electrons. The summed E-state index contributed by atoms with van der Waals surface area (Å²) in [5, 5.41) is 0. The van der Waals surface area contributed by atoms with Crippen molar-refractivity contribution in [3.63, 3.8) is 0 Å². The second-order valence-corrected chi connectivity index (χ2v) is 7.48. The summed E-state index contributed by atoms with van der Waals surface area (Å²) < 4.78 is 5.14. The van der Waals surface area contributed by atoms with Gasteiger partial charge in [-0.15, -0.1) is 0 Å². The molecule has 5 heteroatoms. The molecule has 0 unspecified atom stereocenters. The minimum atomic E-state index is -0.313. The highest BCUT2D eigenvalue weighted by molar-refractivity contribution is 5.90. The van der Waals surface area contributed by atoms with E-state index in [-0.39, 0.29) is 11.9 Å². The van der Waals surface area contributed by atoms with Crippen LogP contribution in [0.5, 0.6) is 0 Å². The Morgan fingerprint density at radius 2 is 1.80 bits per heavy atom. The van der Waals surface area contributed by atoms with E-state index in [2.05, 4.69) is 9.88 Å². The predicted octanol–water partition coefficient (Wildman–Crippen LogP) is 3.88. The Bertz CT molecular complexity index is 640. The number of aromatic nitrogens is 1. The van der Waals surface area contributed by atoms with Gasteiger partial charge in [0.25, 0.3) is 0 Å². The maximum Gasteiger partial charge on any atom is 0.355 e. The number of carbonyl (C=O) groups is 2. The Morgan fingerprint density at radius 1 is 1.12 bits per heavy atom.